The van der Waals surface area contributed by atoms with Crippen molar-refractivity contribution in [1.29, 1.82) is 0 Å². The minimum absolute atomic E-state index is 0.119. The third-order valence-electron chi connectivity index (χ3n) is 6.20. The zero-order valence-corrected chi connectivity index (χ0v) is 22.9. The number of nitrogens with two attached hydrogens (primary N) is 1. The number of nitrogens with one attached hydrogen (secondary N) is 2. The lowest BCUT2D eigenvalue weighted by Gasteiger charge is -2.13. The molecule has 7 nitrogen and oxygen atoms in total. The van der Waals surface area contributed by atoms with E-state index >= 15 is 4.39 Å². The first-order valence-corrected chi connectivity index (χ1v) is 12.9. The van der Waals surface area contributed by atoms with Crippen LogP contribution in [-0.4, -0.2) is 24.9 Å². The molecule has 8 heteroatoms. The largest absolute Gasteiger partial charge is 0.383 e. The average Bonchev–Trinajstić information content (AvgIpc) is 3.41. The van der Waals surface area contributed by atoms with Crippen molar-refractivity contribution < 1.29 is 4.39 Å². The van der Waals surface area contributed by atoms with Crippen molar-refractivity contribution in [2.45, 2.75) is 39.5 Å². The second-order valence-electron chi connectivity index (χ2n) is 8.88. The molecule has 0 saturated carbocycles. The number of halogens is 1. The number of aromatic nitrogens is 5. The Labute approximate surface area is 234 Å². The van der Waals surface area contributed by atoms with E-state index < -0.39 is 5.82 Å². The van der Waals surface area contributed by atoms with Crippen molar-refractivity contribution in [1.82, 2.24) is 30.2 Å². The predicted octanol–water partition coefficient (Wildman–Crippen LogP) is 6.74. The van der Waals surface area contributed by atoms with Gasteiger partial charge in [-0.05, 0) is 55.7 Å². The zero-order valence-electron chi connectivity index (χ0n) is 22.9. The van der Waals surface area contributed by atoms with Crippen LogP contribution in [-0.2, 0) is 6.42 Å². The second-order valence-corrected chi connectivity index (χ2v) is 8.88. The first-order valence-electron chi connectivity index (χ1n) is 12.9. The monoisotopic (exact) mass is 535 g/mol. The number of nitrogen functional groups attached to an aromatic ring is 1. The van der Waals surface area contributed by atoms with Gasteiger partial charge in [-0.1, -0.05) is 32.6 Å². The van der Waals surface area contributed by atoms with Gasteiger partial charge in [0.05, 0.1) is 11.2 Å². The minimum Gasteiger partial charge on any atom is -0.383 e. The number of fused-ring (bicyclic) bond motifs is 1. The molecule has 4 heterocycles. The molecule has 0 aliphatic heterocycles. The van der Waals surface area contributed by atoms with E-state index in [2.05, 4.69) is 58.2 Å². The molecule has 0 radical (unpaired) electrons. The van der Waals surface area contributed by atoms with E-state index in [0.717, 1.165) is 47.4 Å². The first kappa shape index (κ1) is 29.5. The van der Waals surface area contributed by atoms with Crippen LogP contribution in [0.4, 0.5) is 10.2 Å². The molecule has 4 aromatic rings. The summed E-state index contributed by atoms with van der Waals surface area (Å²) in [5.41, 5.74) is 12.1. The third kappa shape index (κ3) is 6.88. The van der Waals surface area contributed by atoms with Crippen molar-refractivity contribution in [3.8, 4) is 24.1 Å². The molecular weight excluding hydrogens is 501 g/mol. The molecule has 0 bridgehead atoms. The summed E-state index contributed by atoms with van der Waals surface area (Å²) in [5, 5.41) is 3.27. The number of H-pyrrole nitrogens is 1. The molecule has 0 saturated heterocycles. The fourth-order valence-electron chi connectivity index (χ4n) is 4.16. The zero-order chi connectivity index (χ0) is 29.1. The Morgan fingerprint density at radius 3 is 2.60 bits per heavy atom. The van der Waals surface area contributed by atoms with Crippen LogP contribution in [0.2, 0.25) is 0 Å². The van der Waals surface area contributed by atoms with E-state index in [4.69, 9.17) is 10.7 Å². The number of rotatable bonds is 11. The molecular formula is C32H34FN7. The lowest BCUT2D eigenvalue weighted by molar-refractivity contribution is 0.607. The van der Waals surface area contributed by atoms with Gasteiger partial charge in [0.25, 0.3) is 0 Å². The number of anilines is 1. The van der Waals surface area contributed by atoms with E-state index in [0.29, 0.717) is 22.5 Å². The standard InChI is InChI=1S/C30H32FN7.C2H2/c1-5-8-9-19(4)36-22(7-3)16-20(6-2)24-18-35-30(32)23(27(24)31)17-26-37-25-12-15-34-28(29(25)38-26)21-10-13-33-14-11-21;1-2/h6-7,10-16,18,36H,3-5,8-9,17H2,1-2H3,(H2,32,35)(H,37,38);1-2H/b20-6+,22-16+;. The molecule has 0 aliphatic rings. The van der Waals surface area contributed by atoms with Crippen molar-refractivity contribution >= 4 is 22.4 Å². The van der Waals surface area contributed by atoms with Crippen LogP contribution in [0.3, 0.4) is 0 Å². The molecule has 40 heavy (non-hydrogen) atoms. The molecule has 0 unspecified atom stereocenters. The van der Waals surface area contributed by atoms with Crippen LogP contribution >= 0.6 is 0 Å². The lowest BCUT2D eigenvalue weighted by atomic mass is 10.0. The number of terminal acetylenes is 1. The maximum absolute atomic E-state index is 15.9. The van der Waals surface area contributed by atoms with E-state index in [1.165, 1.54) is 6.20 Å². The Bertz CT molecular complexity index is 1560. The second kappa shape index (κ2) is 14.2. The lowest BCUT2D eigenvalue weighted by Crippen LogP contribution is -2.11. The summed E-state index contributed by atoms with van der Waals surface area (Å²) >= 11 is 0. The van der Waals surface area contributed by atoms with Crippen LogP contribution in [0.1, 0.15) is 50.1 Å². The van der Waals surface area contributed by atoms with Crippen LogP contribution in [0.25, 0.3) is 27.9 Å². The predicted molar refractivity (Wildman–Crippen MR) is 162 cm³/mol. The fourth-order valence-corrected chi connectivity index (χ4v) is 4.16. The highest BCUT2D eigenvalue weighted by molar-refractivity contribution is 5.89. The average molecular weight is 536 g/mol. The van der Waals surface area contributed by atoms with Gasteiger partial charge < -0.3 is 16.0 Å². The number of imidazole rings is 1. The van der Waals surface area contributed by atoms with Gasteiger partial charge in [-0.25, -0.2) is 14.4 Å². The van der Waals surface area contributed by atoms with Gasteiger partial charge in [0.15, 0.2) is 0 Å². The number of allylic oxidation sites excluding steroid dienone is 5. The molecule has 0 aromatic carbocycles. The van der Waals surface area contributed by atoms with Gasteiger partial charge in [0.2, 0.25) is 0 Å². The summed E-state index contributed by atoms with van der Waals surface area (Å²) in [6.45, 7) is 11.9. The molecule has 4 N–H and O–H groups in total. The summed E-state index contributed by atoms with van der Waals surface area (Å²) in [6, 6.07) is 5.59. The maximum Gasteiger partial charge on any atom is 0.139 e. The van der Waals surface area contributed by atoms with Crippen LogP contribution in [0, 0.1) is 18.7 Å². The Morgan fingerprint density at radius 1 is 1.18 bits per heavy atom. The normalized spacial score (nSPS) is 11.5. The van der Waals surface area contributed by atoms with Crippen molar-refractivity contribution in [3.05, 3.63) is 109 Å². The minimum atomic E-state index is -0.442. The number of hydrogen-bond donors (Lipinski definition) is 3. The molecule has 0 spiro atoms. The van der Waals surface area contributed by atoms with E-state index in [9.17, 15) is 0 Å². The number of pyridine rings is 3. The van der Waals surface area contributed by atoms with Gasteiger partial charge in [0, 0.05) is 59.3 Å². The van der Waals surface area contributed by atoms with Crippen LogP contribution in [0.5, 0.6) is 0 Å². The van der Waals surface area contributed by atoms with E-state index in [1.54, 1.807) is 24.7 Å². The van der Waals surface area contributed by atoms with Gasteiger partial charge in [-0.3, -0.25) is 9.97 Å². The summed E-state index contributed by atoms with van der Waals surface area (Å²) in [4.78, 5) is 20.9. The first-order chi connectivity index (χ1) is 19.4. The summed E-state index contributed by atoms with van der Waals surface area (Å²) in [7, 11) is 0. The molecule has 0 aliphatic carbocycles. The highest BCUT2D eigenvalue weighted by Gasteiger charge is 2.18. The molecule has 4 rings (SSSR count). The third-order valence-corrected chi connectivity index (χ3v) is 6.20. The topological polar surface area (TPSA) is 105 Å². The number of unbranched alkanes of at least 4 members (excludes halogenated alkanes) is 1. The van der Waals surface area contributed by atoms with Crippen molar-refractivity contribution in [2.75, 3.05) is 5.73 Å². The van der Waals surface area contributed by atoms with E-state index in [1.807, 2.05) is 37.3 Å². The Morgan fingerprint density at radius 2 is 1.93 bits per heavy atom. The highest BCUT2D eigenvalue weighted by atomic mass is 19.1. The summed E-state index contributed by atoms with van der Waals surface area (Å²) in [6.07, 6.45) is 23.0. The quantitative estimate of drug-likeness (QED) is 0.145. The summed E-state index contributed by atoms with van der Waals surface area (Å²) in [5.74, 6) is 0.239. The molecule has 204 valence electrons. The fraction of sp³-hybridized carbons (Fsp3) is 0.188. The SMILES string of the molecule is C#C.C=C/C(=C\C(=C/C)c1cnc(N)c(Cc2nc3c(-c4ccncc4)nccc3[nH]2)c1F)NC(=C)CCCC. The Hall–Kier alpha value is -5.03. The van der Waals surface area contributed by atoms with Gasteiger partial charge >= 0.3 is 0 Å². The van der Waals surface area contributed by atoms with Gasteiger partial charge in [-0.2, -0.15) is 0 Å². The van der Waals surface area contributed by atoms with Crippen LogP contribution < -0.4 is 11.1 Å². The number of hydrogen-bond acceptors (Lipinski definition) is 6. The number of aromatic amines is 1. The van der Waals surface area contributed by atoms with E-state index in [-0.39, 0.29) is 17.8 Å². The highest BCUT2D eigenvalue weighted by Crippen LogP contribution is 2.29. The van der Waals surface area contributed by atoms with Crippen molar-refractivity contribution in [2.24, 2.45) is 0 Å². The molecule has 0 amide bonds. The maximum atomic E-state index is 15.9. The van der Waals surface area contributed by atoms with Gasteiger partial charge in [0.1, 0.15) is 23.0 Å². The van der Waals surface area contributed by atoms with Gasteiger partial charge in [-0.15, -0.1) is 12.8 Å². The smallest absolute Gasteiger partial charge is 0.139 e. The molecule has 0 fully saturated rings. The summed E-state index contributed by atoms with van der Waals surface area (Å²) < 4.78 is 15.9. The Kier molecular flexibility index (Phi) is 10.5. The molecule has 4 aromatic heterocycles. The van der Waals surface area contributed by atoms with Crippen molar-refractivity contribution in [3.63, 3.8) is 0 Å². The molecule has 0 atom stereocenters. The van der Waals surface area contributed by atoms with Crippen LogP contribution in [0.15, 0.2) is 85.8 Å². The Balaban J connectivity index is 0.00000216. The number of nitrogens with zero attached hydrogens (tertiary/aromatic N) is 4.